The number of nitrogens with one attached hydrogen (secondary N) is 2. The molecule has 0 saturated heterocycles. The van der Waals surface area contributed by atoms with E-state index in [4.69, 9.17) is 4.99 Å². The van der Waals surface area contributed by atoms with Crippen LogP contribution < -0.4 is 10.6 Å². The number of aromatic nitrogens is 1. The fraction of sp³-hybridized carbons (Fsp3) is 0.323. The SMILES string of the molecule is O=C(CC1C(=O)C2(CCCC2)N=C1c1cc(F)cc(F)c1)Nc1ccc2c(c1)C[C@@]1(C2)C(=O)Nc2ncccc21. The molecule has 2 aromatic carbocycles. The third-order valence-electron chi connectivity index (χ3n) is 8.88. The van der Waals surface area contributed by atoms with Gasteiger partial charge in [0.05, 0.1) is 17.0 Å². The molecule has 1 unspecified atom stereocenters. The first-order chi connectivity index (χ1) is 19.3. The van der Waals surface area contributed by atoms with E-state index < -0.39 is 34.4 Å². The van der Waals surface area contributed by atoms with Crippen molar-refractivity contribution in [1.29, 1.82) is 0 Å². The third-order valence-corrected chi connectivity index (χ3v) is 8.88. The van der Waals surface area contributed by atoms with E-state index in [9.17, 15) is 23.2 Å². The minimum Gasteiger partial charge on any atom is -0.326 e. The van der Waals surface area contributed by atoms with E-state index in [2.05, 4.69) is 15.6 Å². The number of hydrogen-bond acceptors (Lipinski definition) is 5. The van der Waals surface area contributed by atoms with E-state index in [-0.39, 0.29) is 29.4 Å². The van der Waals surface area contributed by atoms with Crippen molar-refractivity contribution in [2.75, 3.05) is 10.6 Å². The number of hydrogen-bond donors (Lipinski definition) is 2. The second kappa shape index (κ2) is 8.87. The molecule has 2 N–H and O–H groups in total. The van der Waals surface area contributed by atoms with Crippen molar-refractivity contribution < 1.29 is 23.2 Å². The van der Waals surface area contributed by atoms with Gasteiger partial charge in [-0.2, -0.15) is 0 Å². The van der Waals surface area contributed by atoms with Gasteiger partial charge in [0, 0.05) is 35.5 Å². The minimum atomic E-state index is -0.919. The Balaban J connectivity index is 1.12. The first kappa shape index (κ1) is 24.7. The summed E-state index contributed by atoms with van der Waals surface area (Å²) in [6.07, 6.45) is 5.33. The molecule has 3 heterocycles. The number of Topliss-reactive ketones (excluding diaryl/α,β-unsaturated/α-hetero) is 1. The number of benzene rings is 2. The van der Waals surface area contributed by atoms with Gasteiger partial charge in [-0.3, -0.25) is 19.4 Å². The summed E-state index contributed by atoms with van der Waals surface area (Å²) in [6.45, 7) is 0. The summed E-state index contributed by atoms with van der Waals surface area (Å²) < 4.78 is 28.1. The van der Waals surface area contributed by atoms with Gasteiger partial charge in [0.15, 0.2) is 5.78 Å². The predicted molar refractivity (Wildman–Crippen MR) is 144 cm³/mol. The normalized spacial score (nSPS) is 23.9. The number of aliphatic imine (C=N–C) groups is 1. The van der Waals surface area contributed by atoms with Crippen LogP contribution in [-0.4, -0.2) is 33.8 Å². The molecule has 1 saturated carbocycles. The van der Waals surface area contributed by atoms with Gasteiger partial charge >= 0.3 is 0 Å². The van der Waals surface area contributed by atoms with Crippen LogP contribution in [0.3, 0.4) is 0 Å². The molecule has 0 bridgehead atoms. The van der Waals surface area contributed by atoms with Crippen molar-refractivity contribution in [2.24, 2.45) is 10.9 Å². The topological polar surface area (TPSA) is 101 Å². The Hall–Kier alpha value is -4.27. The summed E-state index contributed by atoms with van der Waals surface area (Å²) in [4.78, 5) is 48.8. The first-order valence-electron chi connectivity index (χ1n) is 13.6. The molecule has 2 atom stereocenters. The summed E-state index contributed by atoms with van der Waals surface area (Å²) in [5, 5.41) is 5.79. The lowest BCUT2D eigenvalue weighted by Crippen LogP contribution is -2.35. The van der Waals surface area contributed by atoms with E-state index in [1.807, 2.05) is 24.3 Å². The monoisotopic (exact) mass is 540 g/mol. The molecule has 40 heavy (non-hydrogen) atoms. The van der Waals surface area contributed by atoms with Crippen LogP contribution in [0.4, 0.5) is 20.3 Å². The molecule has 1 fully saturated rings. The van der Waals surface area contributed by atoms with Gasteiger partial charge < -0.3 is 10.6 Å². The summed E-state index contributed by atoms with van der Waals surface area (Å²) in [5.74, 6) is -2.44. The number of anilines is 2. The Morgan fingerprint density at radius 3 is 2.52 bits per heavy atom. The fourth-order valence-corrected chi connectivity index (χ4v) is 7.03. The second-order valence-corrected chi connectivity index (χ2v) is 11.3. The van der Waals surface area contributed by atoms with Crippen LogP contribution in [-0.2, 0) is 32.6 Å². The van der Waals surface area contributed by atoms with Gasteiger partial charge in [0.1, 0.15) is 23.0 Å². The molecular formula is C31H26F2N4O3. The Morgan fingerprint density at radius 2 is 1.75 bits per heavy atom. The Labute approximate surface area is 229 Å². The number of nitrogens with zero attached hydrogens (tertiary/aromatic N) is 2. The molecule has 7 nitrogen and oxygen atoms in total. The van der Waals surface area contributed by atoms with Gasteiger partial charge in [-0.15, -0.1) is 0 Å². The fourth-order valence-electron chi connectivity index (χ4n) is 7.03. The molecule has 202 valence electrons. The van der Waals surface area contributed by atoms with Crippen molar-refractivity contribution in [2.45, 2.75) is 55.9 Å². The zero-order valence-electron chi connectivity index (χ0n) is 21.6. The average Bonchev–Trinajstić information content (AvgIpc) is 3.67. The number of halogens is 2. The smallest absolute Gasteiger partial charge is 0.237 e. The lowest BCUT2D eigenvalue weighted by Gasteiger charge is -2.20. The van der Waals surface area contributed by atoms with Crippen molar-refractivity contribution in [1.82, 2.24) is 4.98 Å². The van der Waals surface area contributed by atoms with Crippen LogP contribution in [0, 0.1) is 17.6 Å². The lowest BCUT2D eigenvalue weighted by molar-refractivity contribution is -0.127. The second-order valence-electron chi connectivity index (χ2n) is 11.3. The van der Waals surface area contributed by atoms with Crippen LogP contribution in [0.1, 0.15) is 54.4 Å². The molecule has 3 aromatic rings. The largest absolute Gasteiger partial charge is 0.326 e. The number of fused-ring (bicyclic) bond motifs is 3. The quantitative estimate of drug-likeness (QED) is 0.502. The summed E-state index contributed by atoms with van der Waals surface area (Å²) >= 11 is 0. The van der Waals surface area contributed by atoms with E-state index >= 15 is 0 Å². The van der Waals surface area contributed by atoms with Crippen molar-refractivity contribution >= 4 is 34.8 Å². The van der Waals surface area contributed by atoms with Crippen molar-refractivity contribution in [3.05, 3.63) is 88.6 Å². The lowest BCUT2D eigenvalue weighted by atomic mass is 9.79. The van der Waals surface area contributed by atoms with E-state index in [0.29, 0.717) is 37.2 Å². The van der Waals surface area contributed by atoms with Crippen molar-refractivity contribution in [3.63, 3.8) is 0 Å². The number of carbonyl (C=O) groups excluding carboxylic acids is 3. The van der Waals surface area contributed by atoms with E-state index in [1.165, 1.54) is 0 Å². The molecule has 2 aliphatic heterocycles. The Bertz CT molecular complexity index is 1620. The van der Waals surface area contributed by atoms with Crippen LogP contribution in [0.2, 0.25) is 0 Å². The van der Waals surface area contributed by atoms with Gasteiger partial charge in [0.2, 0.25) is 11.8 Å². The highest BCUT2D eigenvalue weighted by atomic mass is 19.1. The van der Waals surface area contributed by atoms with Crippen LogP contribution in [0.25, 0.3) is 0 Å². The standard InChI is InChI=1S/C31H26F2N4O3/c32-20-10-18(11-21(33)13-20)26-23(27(39)31(37-26)7-1-2-8-31)14-25(38)35-22-6-5-17-15-30(16-19(17)12-22)24-4-3-9-34-28(24)36-29(30)40/h3-6,9-13,23H,1-2,7-8,14-16H2,(H,35,38)(H,34,36,40)/t23?,30-/m1/s1. The van der Waals surface area contributed by atoms with Crippen molar-refractivity contribution in [3.8, 4) is 0 Å². The number of carbonyl (C=O) groups is 3. The molecule has 2 amide bonds. The Kier molecular flexibility index (Phi) is 5.49. The average molecular weight is 541 g/mol. The minimum absolute atomic E-state index is 0.0795. The zero-order valence-corrected chi connectivity index (χ0v) is 21.6. The van der Waals surface area contributed by atoms with Gasteiger partial charge in [-0.25, -0.2) is 13.8 Å². The maximum atomic E-state index is 14.1. The third kappa shape index (κ3) is 3.78. The number of ketones is 1. The molecule has 7 rings (SSSR count). The molecular weight excluding hydrogens is 514 g/mol. The highest BCUT2D eigenvalue weighted by molar-refractivity contribution is 6.22. The number of amides is 2. The summed E-state index contributed by atoms with van der Waals surface area (Å²) in [5.41, 5.74) is 2.26. The summed E-state index contributed by atoms with van der Waals surface area (Å²) in [7, 11) is 0. The van der Waals surface area contributed by atoms with E-state index in [0.717, 1.165) is 47.7 Å². The maximum absolute atomic E-state index is 14.1. The van der Waals surface area contributed by atoms with E-state index in [1.54, 1.807) is 12.3 Å². The van der Waals surface area contributed by atoms with Crippen LogP contribution in [0.5, 0.6) is 0 Å². The predicted octanol–water partition coefficient (Wildman–Crippen LogP) is 4.68. The number of pyridine rings is 1. The first-order valence-corrected chi connectivity index (χ1v) is 13.6. The Morgan fingerprint density at radius 1 is 1.00 bits per heavy atom. The highest BCUT2D eigenvalue weighted by Crippen LogP contribution is 2.47. The van der Waals surface area contributed by atoms with Gasteiger partial charge in [-0.1, -0.05) is 25.0 Å². The molecule has 2 spiro atoms. The highest BCUT2D eigenvalue weighted by Gasteiger charge is 2.52. The van der Waals surface area contributed by atoms with Gasteiger partial charge in [-0.05, 0) is 67.1 Å². The molecule has 1 aromatic heterocycles. The number of rotatable bonds is 4. The molecule has 9 heteroatoms. The van der Waals surface area contributed by atoms with Crippen LogP contribution >= 0.6 is 0 Å². The molecule has 0 radical (unpaired) electrons. The summed E-state index contributed by atoms with van der Waals surface area (Å²) in [6, 6.07) is 12.4. The van der Waals surface area contributed by atoms with Crippen LogP contribution in [0.15, 0.2) is 59.7 Å². The maximum Gasteiger partial charge on any atom is 0.237 e. The molecule has 4 aliphatic rings. The zero-order chi connectivity index (χ0) is 27.6. The molecule has 2 aliphatic carbocycles. The van der Waals surface area contributed by atoms with Gasteiger partial charge in [0.25, 0.3) is 0 Å².